The SMILES string of the molecule is CC1(N=C=O)C[C@H]2C[C@H]2C1. The summed E-state index contributed by atoms with van der Waals surface area (Å²) in [7, 11) is 0. The van der Waals surface area contributed by atoms with Crippen LogP contribution in [0, 0.1) is 11.8 Å². The molecule has 2 aliphatic carbocycles. The molecule has 54 valence electrons. The number of aliphatic imine (C=N–C) groups is 1. The molecule has 3 atom stereocenters. The molecule has 0 saturated heterocycles. The zero-order chi connectivity index (χ0) is 7.19. The molecule has 0 N–H and O–H groups in total. The lowest BCUT2D eigenvalue weighted by molar-refractivity contribution is 0.432. The van der Waals surface area contributed by atoms with Gasteiger partial charge in [0.25, 0.3) is 0 Å². The van der Waals surface area contributed by atoms with E-state index in [9.17, 15) is 4.79 Å². The monoisotopic (exact) mass is 137 g/mol. The van der Waals surface area contributed by atoms with Gasteiger partial charge < -0.3 is 0 Å². The summed E-state index contributed by atoms with van der Waals surface area (Å²) in [6.45, 7) is 2.06. The highest BCUT2D eigenvalue weighted by molar-refractivity contribution is 5.35. The Morgan fingerprint density at radius 1 is 1.50 bits per heavy atom. The van der Waals surface area contributed by atoms with E-state index in [2.05, 4.69) is 11.9 Å². The lowest BCUT2D eigenvalue weighted by Gasteiger charge is -2.16. The highest BCUT2D eigenvalue weighted by Crippen LogP contribution is 2.57. The Morgan fingerprint density at radius 3 is 2.60 bits per heavy atom. The molecule has 0 radical (unpaired) electrons. The van der Waals surface area contributed by atoms with E-state index in [0.29, 0.717) is 0 Å². The van der Waals surface area contributed by atoms with E-state index in [1.807, 2.05) is 0 Å². The summed E-state index contributed by atoms with van der Waals surface area (Å²) in [6.07, 6.45) is 5.28. The van der Waals surface area contributed by atoms with Crippen LogP contribution in [-0.4, -0.2) is 11.6 Å². The van der Waals surface area contributed by atoms with Crippen LogP contribution in [0.25, 0.3) is 0 Å². The molecule has 2 nitrogen and oxygen atoms in total. The third-order valence-electron chi connectivity index (χ3n) is 2.79. The summed E-state index contributed by atoms with van der Waals surface area (Å²) in [5.41, 5.74) is -0.0324. The van der Waals surface area contributed by atoms with Gasteiger partial charge in [0.05, 0.1) is 5.54 Å². The van der Waals surface area contributed by atoms with Gasteiger partial charge in [0.2, 0.25) is 6.08 Å². The molecular weight excluding hydrogens is 126 g/mol. The van der Waals surface area contributed by atoms with Crippen LogP contribution in [0.3, 0.4) is 0 Å². The standard InChI is InChI=1S/C8H11NO/c1-8(9-5-10)3-6-2-7(6)4-8/h6-7H,2-4H2,1H3/t6-,7+,8?. The van der Waals surface area contributed by atoms with Gasteiger partial charge in [0.15, 0.2) is 0 Å². The molecule has 0 aromatic carbocycles. The number of nitrogens with zero attached hydrogens (tertiary/aromatic N) is 1. The molecule has 0 bridgehead atoms. The van der Waals surface area contributed by atoms with Crippen molar-refractivity contribution in [3.8, 4) is 0 Å². The normalized spacial score (nSPS) is 49.7. The lowest BCUT2D eigenvalue weighted by Crippen LogP contribution is -2.18. The molecule has 2 heteroatoms. The fourth-order valence-corrected chi connectivity index (χ4v) is 2.22. The zero-order valence-corrected chi connectivity index (χ0v) is 6.13. The first-order chi connectivity index (χ1) is 4.73. The van der Waals surface area contributed by atoms with Gasteiger partial charge in [-0.1, -0.05) is 0 Å². The maximum Gasteiger partial charge on any atom is 0.235 e. The average molecular weight is 137 g/mol. The van der Waals surface area contributed by atoms with Crippen molar-refractivity contribution in [2.45, 2.75) is 31.7 Å². The molecule has 0 aromatic rings. The average Bonchev–Trinajstić information content (AvgIpc) is 2.41. The summed E-state index contributed by atoms with van der Waals surface area (Å²) in [5.74, 6) is 1.78. The largest absolute Gasteiger partial charge is 0.235 e. The Morgan fingerprint density at radius 2 is 2.10 bits per heavy atom. The second-order valence-electron chi connectivity index (χ2n) is 3.86. The number of carbonyl (C=O) groups excluding carboxylic acids is 1. The number of hydrogen-bond donors (Lipinski definition) is 0. The van der Waals surface area contributed by atoms with Crippen molar-refractivity contribution in [2.24, 2.45) is 16.8 Å². The van der Waals surface area contributed by atoms with Crippen molar-refractivity contribution in [2.75, 3.05) is 0 Å². The molecule has 0 spiro atoms. The molecule has 2 fully saturated rings. The Balaban J connectivity index is 2.11. The third kappa shape index (κ3) is 0.800. The lowest BCUT2D eigenvalue weighted by atomic mass is 9.97. The quantitative estimate of drug-likeness (QED) is 0.398. The molecule has 2 saturated carbocycles. The van der Waals surface area contributed by atoms with Crippen LogP contribution >= 0.6 is 0 Å². The zero-order valence-electron chi connectivity index (χ0n) is 6.13. The van der Waals surface area contributed by atoms with Crippen molar-refractivity contribution >= 4 is 6.08 Å². The summed E-state index contributed by atoms with van der Waals surface area (Å²) in [6, 6.07) is 0. The molecular formula is C8H11NO. The van der Waals surface area contributed by atoms with Gasteiger partial charge in [-0.2, -0.15) is 4.99 Å². The van der Waals surface area contributed by atoms with Crippen molar-refractivity contribution in [1.82, 2.24) is 0 Å². The maximum absolute atomic E-state index is 10.00. The number of hydrogen-bond acceptors (Lipinski definition) is 2. The minimum Gasteiger partial charge on any atom is -0.211 e. The highest BCUT2D eigenvalue weighted by Gasteiger charge is 2.51. The Bertz CT molecular complexity index is 195. The highest BCUT2D eigenvalue weighted by atomic mass is 16.1. The van der Waals surface area contributed by atoms with E-state index < -0.39 is 0 Å². The summed E-state index contributed by atoms with van der Waals surface area (Å²) >= 11 is 0. The predicted molar refractivity (Wildman–Crippen MR) is 37.4 cm³/mol. The van der Waals surface area contributed by atoms with Crippen molar-refractivity contribution in [3.63, 3.8) is 0 Å². The number of rotatable bonds is 1. The van der Waals surface area contributed by atoms with Crippen LogP contribution in [0.4, 0.5) is 0 Å². The summed E-state index contributed by atoms with van der Waals surface area (Å²) in [5, 5.41) is 0. The van der Waals surface area contributed by atoms with Gasteiger partial charge in [-0.3, -0.25) is 0 Å². The fraction of sp³-hybridized carbons (Fsp3) is 0.875. The Labute approximate surface area is 60.3 Å². The van der Waals surface area contributed by atoms with Gasteiger partial charge in [0, 0.05) is 0 Å². The molecule has 10 heavy (non-hydrogen) atoms. The number of fused-ring (bicyclic) bond motifs is 1. The molecule has 0 heterocycles. The third-order valence-corrected chi connectivity index (χ3v) is 2.79. The first kappa shape index (κ1) is 6.11. The maximum atomic E-state index is 10.00. The van der Waals surface area contributed by atoms with E-state index in [-0.39, 0.29) is 5.54 Å². The van der Waals surface area contributed by atoms with Gasteiger partial charge in [-0.05, 0) is 38.0 Å². The molecule has 0 aromatic heterocycles. The van der Waals surface area contributed by atoms with Crippen LogP contribution in [0.5, 0.6) is 0 Å². The topological polar surface area (TPSA) is 29.4 Å². The van der Waals surface area contributed by atoms with Crippen LogP contribution in [-0.2, 0) is 4.79 Å². The van der Waals surface area contributed by atoms with Crippen molar-refractivity contribution in [3.05, 3.63) is 0 Å². The predicted octanol–water partition coefficient (Wildman–Crippen LogP) is 1.51. The second kappa shape index (κ2) is 1.70. The fourth-order valence-electron chi connectivity index (χ4n) is 2.22. The molecule has 2 rings (SSSR count). The van der Waals surface area contributed by atoms with Gasteiger partial charge in [0.1, 0.15) is 0 Å². The van der Waals surface area contributed by atoms with Crippen LogP contribution < -0.4 is 0 Å². The van der Waals surface area contributed by atoms with E-state index in [4.69, 9.17) is 0 Å². The minimum absolute atomic E-state index is 0.0324. The van der Waals surface area contributed by atoms with Crippen LogP contribution in [0.1, 0.15) is 26.2 Å². The Hall–Kier alpha value is -0.620. The van der Waals surface area contributed by atoms with Crippen LogP contribution in [0.15, 0.2) is 4.99 Å². The van der Waals surface area contributed by atoms with Gasteiger partial charge in [-0.25, -0.2) is 4.79 Å². The van der Waals surface area contributed by atoms with E-state index in [0.717, 1.165) is 24.7 Å². The first-order valence-corrected chi connectivity index (χ1v) is 3.82. The molecule has 1 unspecified atom stereocenters. The second-order valence-corrected chi connectivity index (χ2v) is 3.86. The minimum atomic E-state index is -0.0324. The first-order valence-electron chi connectivity index (χ1n) is 3.82. The summed E-state index contributed by atoms with van der Waals surface area (Å²) < 4.78 is 0. The van der Waals surface area contributed by atoms with Gasteiger partial charge >= 0.3 is 0 Å². The van der Waals surface area contributed by atoms with E-state index in [1.165, 1.54) is 6.42 Å². The van der Waals surface area contributed by atoms with Crippen molar-refractivity contribution in [1.29, 1.82) is 0 Å². The number of isocyanates is 1. The molecule has 2 aliphatic rings. The van der Waals surface area contributed by atoms with E-state index in [1.54, 1.807) is 6.08 Å². The van der Waals surface area contributed by atoms with Crippen molar-refractivity contribution < 1.29 is 4.79 Å². The Kier molecular flexibility index (Phi) is 1.04. The van der Waals surface area contributed by atoms with Gasteiger partial charge in [-0.15, -0.1) is 0 Å². The smallest absolute Gasteiger partial charge is 0.211 e. The summed E-state index contributed by atoms with van der Waals surface area (Å²) in [4.78, 5) is 13.8. The van der Waals surface area contributed by atoms with Crippen LogP contribution in [0.2, 0.25) is 0 Å². The molecule has 0 aliphatic heterocycles. The molecule has 0 amide bonds. The van der Waals surface area contributed by atoms with E-state index >= 15 is 0 Å².